The summed E-state index contributed by atoms with van der Waals surface area (Å²) in [5.74, 6) is 2.52. The van der Waals surface area contributed by atoms with Crippen molar-refractivity contribution >= 4 is 27.4 Å². The lowest BCUT2D eigenvalue weighted by atomic mass is 10.4. The van der Waals surface area contributed by atoms with E-state index in [1.165, 1.54) is 6.26 Å². The van der Waals surface area contributed by atoms with E-state index >= 15 is 0 Å². The van der Waals surface area contributed by atoms with Crippen LogP contribution in [0.2, 0.25) is 0 Å². The van der Waals surface area contributed by atoms with Gasteiger partial charge in [0, 0.05) is 36.1 Å². The number of nitrogens with two attached hydrogens (primary N) is 1. The van der Waals surface area contributed by atoms with Crippen LogP contribution in [0.3, 0.4) is 0 Å². The van der Waals surface area contributed by atoms with E-state index in [0.717, 1.165) is 18.0 Å². The van der Waals surface area contributed by atoms with Gasteiger partial charge in [-0.25, -0.2) is 18.4 Å². The monoisotopic (exact) mass is 302 g/mol. The Balaban J connectivity index is 2.20. The van der Waals surface area contributed by atoms with E-state index in [-0.39, 0.29) is 0 Å². The number of hydrogen-bond donors (Lipinski definition) is 1. The smallest absolute Gasteiger partial charge is 0.164 e. The summed E-state index contributed by atoms with van der Waals surface area (Å²) in [6.45, 7) is 2.99. The van der Waals surface area contributed by atoms with E-state index in [1.807, 2.05) is 11.8 Å². The summed E-state index contributed by atoms with van der Waals surface area (Å²) in [4.78, 5) is 10.4. The third kappa shape index (κ3) is 3.80. The fourth-order valence-corrected chi connectivity index (χ4v) is 5.04. The van der Waals surface area contributed by atoms with Gasteiger partial charge in [-0.2, -0.15) is 11.8 Å². The molecule has 2 N–H and O–H groups in total. The SMILES string of the molecule is Cc1cc(N)nc(CN2CCSCC2S(C)(=O)=O)n1. The van der Waals surface area contributed by atoms with Gasteiger partial charge < -0.3 is 5.73 Å². The van der Waals surface area contributed by atoms with Crippen LogP contribution in [0.5, 0.6) is 0 Å². The molecule has 2 rings (SSSR count). The Kier molecular flexibility index (Phi) is 4.32. The summed E-state index contributed by atoms with van der Waals surface area (Å²) in [7, 11) is -3.10. The minimum absolute atomic E-state index is 0.421. The molecule has 0 aliphatic carbocycles. The van der Waals surface area contributed by atoms with Crippen molar-refractivity contribution in [2.75, 3.05) is 30.0 Å². The number of thioether (sulfide) groups is 1. The minimum atomic E-state index is -3.10. The van der Waals surface area contributed by atoms with Gasteiger partial charge in [0.1, 0.15) is 17.0 Å². The molecule has 1 saturated heterocycles. The van der Waals surface area contributed by atoms with Gasteiger partial charge in [-0.1, -0.05) is 0 Å². The number of sulfone groups is 1. The van der Waals surface area contributed by atoms with Crippen LogP contribution in [0, 0.1) is 6.92 Å². The molecule has 0 amide bonds. The Morgan fingerprint density at radius 2 is 2.26 bits per heavy atom. The summed E-state index contributed by atoms with van der Waals surface area (Å²) in [5, 5.41) is -0.461. The maximum atomic E-state index is 11.8. The van der Waals surface area contributed by atoms with Crippen molar-refractivity contribution in [3.8, 4) is 0 Å². The summed E-state index contributed by atoms with van der Waals surface area (Å²) < 4.78 is 23.6. The minimum Gasteiger partial charge on any atom is -0.384 e. The summed E-state index contributed by atoms with van der Waals surface area (Å²) in [5.41, 5.74) is 6.49. The zero-order chi connectivity index (χ0) is 14.0. The normalized spacial score (nSPS) is 21.5. The number of nitrogen functional groups attached to an aromatic ring is 1. The molecule has 0 saturated carbocycles. The van der Waals surface area contributed by atoms with Gasteiger partial charge in [-0.15, -0.1) is 0 Å². The molecule has 6 nitrogen and oxygen atoms in total. The van der Waals surface area contributed by atoms with Gasteiger partial charge in [0.2, 0.25) is 0 Å². The van der Waals surface area contributed by atoms with Crippen LogP contribution >= 0.6 is 11.8 Å². The Labute approximate surface area is 117 Å². The Morgan fingerprint density at radius 1 is 1.53 bits per heavy atom. The highest BCUT2D eigenvalue weighted by Gasteiger charge is 2.31. The van der Waals surface area contributed by atoms with Gasteiger partial charge in [0.15, 0.2) is 9.84 Å². The van der Waals surface area contributed by atoms with Crippen molar-refractivity contribution in [1.82, 2.24) is 14.9 Å². The number of nitrogens with zero attached hydrogens (tertiary/aromatic N) is 3. The molecule has 1 atom stereocenters. The second kappa shape index (κ2) is 5.64. The highest BCUT2D eigenvalue weighted by molar-refractivity contribution is 8.00. The maximum absolute atomic E-state index is 11.8. The third-order valence-electron chi connectivity index (χ3n) is 2.95. The molecule has 0 bridgehead atoms. The van der Waals surface area contributed by atoms with Crippen LogP contribution in [0.4, 0.5) is 5.82 Å². The number of aromatic nitrogens is 2. The largest absolute Gasteiger partial charge is 0.384 e. The molecule has 0 radical (unpaired) electrons. The van der Waals surface area contributed by atoms with Crippen molar-refractivity contribution in [3.05, 3.63) is 17.6 Å². The fourth-order valence-electron chi connectivity index (χ4n) is 2.10. The van der Waals surface area contributed by atoms with Crippen LogP contribution in [0.25, 0.3) is 0 Å². The zero-order valence-corrected chi connectivity index (χ0v) is 12.7. The predicted octanol–water partition coefficient (Wildman–Crippen LogP) is 0.287. The molecule has 19 heavy (non-hydrogen) atoms. The molecule has 1 fully saturated rings. The first-order valence-corrected chi connectivity index (χ1v) is 9.08. The van der Waals surface area contributed by atoms with Crippen molar-refractivity contribution in [2.24, 2.45) is 0 Å². The topological polar surface area (TPSA) is 89.2 Å². The number of hydrogen-bond acceptors (Lipinski definition) is 7. The maximum Gasteiger partial charge on any atom is 0.164 e. The molecule has 1 aromatic rings. The van der Waals surface area contributed by atoms with E-state index in [9.17, 15) is 8.42 Å². The predicted molar refractivity (Wildman–Crippen MR) is 77.5 cm³/mol. The lowest BCUT2D eigenvalue weighted by molar-refractivity contribution is 0.256. The summed E-state index contributed by atoms with van der Waals surface area (Å²) in [6.07, 6.45) is 1.28. The van der Waals surface area contributed by atoms with Crippen molar-refractivity contribution in [1.29, 1.82) is 0 Å². The van der Waals surface area contributed by atoms with Gasteiger partial charge in [-0.3, -0.25) is 4.90 Å². The van der Waals surface area contributed by atoms with Crippen molar-refractivity contribution < 1.29 is 8.42 Å². The van der Waals surface area contributed by atoms with E-state index in [0.29, 0.717) is 23.9 Å². The van der Waals surface area contributed by atoms with Crippen molar-refractivity contribution in [3.63, 3.8) is 0 Å². The summed E-state index contributed by atoms with van der Waals surface area (Å²) in [6, 6.07) is 1.70. The molecular formula is C11H18N4O2S2. The Morgan fingerprint density at radius 3 is 2.89 bits per heavy atom. The third-order valence-corrected chi connectivity index (χ3v) is 5.64. The second-order valence-corrected chi connectivity index (χ2v) is 8.03. The van der Waals surface area contributed by atoms with Gasteiger partial charge in [0.05, 0.1) is 6.54 Å². The Hall–Kier alpha value is -0.860. The number of rotatable bonds is 3. The summed E-state index contributed by atoms with van der Waals surface area (Å²) >= 11 is 1.66. The fraction of sp³-hybridized carbons (Fsp3) is 0.636. The molecule has 0 spiro atoms. The Bertz CT molecular complexity index is 542. The van der Waals surface area contributed by atoms with E-state index in [4.69, 9.17) is 5.73 Å². The quantitative estimate of drug-likeness (QED) is 0.858. The number of aryl methyl sites for hydroxylation is 1. The highest BCUT2D eigenvalue weighted by Crippen LogP contribution is 2.21. The molecule has 1 aliphatic heterocycles. The average molecular weight is 302 g/mol. The lowest BCUT2D eigenvalue weighted by Crippen LogP contribution is -2.46. The van der Waals surface area contributed by atoms with Crippen LogP contribution in [-0.2, 0) is 16.4 Å². The molecular weight excluding hydrogens is 284 g/mol. The molecule has 1 aromatic heterocycles. The molecule has 0 aromatic carbocycles. The van der Waals surface area contributed by atoms with Gasteiger partial charge in [-0.05, 0) is 6.92 Å². The van der Waals surface area contributed by atoms with Crippen molar-refractivity contribution in [2.45, 2.75) is 18.8 Å². The van der Waals surface area contributed by atoms with Crippen LogP contribution in [0.1, 0.15) is 11.5 Å². The van der Waals surface area contributed by atoms with Crippen LogP contribution in [0.15, 0.2) is 6.07 Å². The zero-order valence-electron chi connectivity index (χ0n) is 11.0. The molecule has 106 valence electrons. The average Bonchev–Trinajstić information content (AvgIpc) is 2.26. The lowest BCUT2D eigenvalue weighted by Gasteiger charge is -2.33. The first kappa shape index (κ1) is 14.5. The molecule has 1 unspecified atom stereocenters. The second-order valence-electron chi connectivity index (χ2n) is 4.68. The first-order valence-electron chi connectivity index (χ1n) is 5.97. The molecule has 1 aliphatic rings. The van der Waals surface area contributed by atoms with E-state index in [2.05, 4.69) is 9.97 Å². The molecule has 2 heterocycles. The van der Waals surface area contributed by atoms with E-state index in [1.54, 1.807) is 17.8 Å². The molecule has 8 heteroatoms. The standard InChI is InChI=1S/C11H18N4O2S2/c1-8-5-9(12)14-10(13-8)6-15-3-4-18-7-11(15)19(2,16)17/h5,11H,3-4,6-7H2,1-2H3,(H2,12,13,14). The van der Waals surface area contributed by atoms with Crippen LogP contribution in [-0.4, -0.2) is 53.0 Å². The van der Waals surface area contributed by atoms with Crippen LogP contribution < -0.4 is 5.73 Å². The van der Waals surface area contributed by atoms with E-state index < -0.39 is 15.2 Å². The number of anilines is 1. The highest BCUT2D eigenvalue weighted by atomic mass is 32.2. The first-order chi connectivity index (χ1) is 8.86. The van der Waals surface area contributed by atoms with Gasteiger partial charge in [0.25, 0.3) is 0 Å². The van der Waals surface area contributed by atoms with Gasteiger partial charge >= 0.3 is 0 Å².